The van der Waals surface area contributed by atoms with Gasteiger partial charge in [-0.1, -0.05) is 30.9 Å². The van der Waals surface area contributed by atoms with Crippen LogP contribution in [0.25, 0.3) is 0 Å². The molecule has 1 aliphatic rings. The van der Waals surface area contributed by atoms with Gasteiger partial charge in [-0.2, -0.15) is 0 Å². The highest BCUT2D eigenvalue weighted by Gasteiger charge is 2.26. The molecule has 0 unspecified atom stereocenters. The molecule has 9 heavy (non-hydrogen) atoms. The van der Waals surface area contributed by atoms with Crippen molar-refractivity contribution in [3.05, 3.63) is 0 Å². The summed E-state index contributed by atoms with van der Waals surface area (Å²) >= 11 is 6.21. The lowest BCUT2D eigenvalue weighted by molar-refractivity contribution is -0.118. The summed E-state index contributed by atoms with van der Waals surface area (Å²) in [6, 6.07) is 0. The van der Waals surface area contributed by atoms with Crippen molar-refractivity contribution in [1.29, 1.82) is 0 Å². The highest BCUT2D eigenvalue weighted by Crippen LogP contribution is 2.21. The number of nitrogens with one attached hydrogen (secondary N) is 1. The summed E-state index contributed by atoms with van der Waals surface area (Å²) in [5.74, 6) is 0.0625. The van der Waals surface area contributed by atoms with Gasteiger partial charge in [0.25, 0.3) is 0 Å². The minimum Gasteiger partial charge on any atom is -0.311 e. The Labute approximate surface area is 63.4 Å². The Morgan fingerprint density at radius 2 is 2.56 bits per heavy atom. The summed E-state index contributed by atoms with van der Waals surface area (Å²) in [5, 5.41) is 2.64. The number of rotatable bonds is 1. The third-order valence-electron chi connectivity index (χ3n) is 1.14. The van der Waals surface area contributed by atoms with E-state index in [2.05, 4.69) is 5.32 Å². The van der Waals surface area contributed by atoms with Gasteiger partial charge in [0.15, 0.2) is 0 Å². The smallest absolute Gasteiger partial charge is 0.238 e. The molecule has 0 aromatic heterocycles. The highest BCUT2D eigenvalue weighted by molar-refractivity contribution is 8.24. The molecular weight excluding hydrogens is 154 g/mol. The molecule has 0 bridgehead atoms. The maximum atomic E-state index is 10.8. The van der Waals surface area contributed by atoms with Crippen LogP contribution in [-0.2, 0) is 4.79 Å². The molecule has 0 saturated carbocycles. The van der Waals surface area contributed by atoms with E-state index in [-0.39, 0.29) is 11.2 Å². The molecule has 0 radical (unpaired) electrons. The fourth-order valence-electron chi connectivity index (χ4n) is 0.662. The molecule has 0 aromatic carbocycles. The van der Waals surface area contributed by atoms with Crippen LogP contribution < -0.4 is 5.32 Å². The number of thiocarbonyl (C=S) groups is 1. The van der Waals surface area contributed by atoms with Gasteiger partial charge in [-0.3, -0.25) is 4.79 Å². The van der Waals surface area contributed by atoms with E-state index in [4.69, 9.17) is 12.2 Å². The van der Waals surface area contributed by atoms with Crippen LogP contribution in [0.1, 0.15) is 13.3 Å². The van der Waals surface area contributed by atoms with Crippen molar-refractivity contribution in [3.8, 4) is 0 Å². The highest BCUT2D eigenvalue weighted by atomic mass is 32.2. The summed E-state index contributed by atoms with van der Waals surface area (Å²) < 4.78 is 0.617. The van der Waals surface area contributed by atoms with E-state index in [9.17, 15) is 4.79 Å². The van der Waals surface area contributed by atoms with E-state index in [1.807, 2.05) is 6.92 Å². The molecule has 4 heteroatoms. The van der Waals surface area contributed by atoms with Crippen LogP contribution in [0.15, 0.2) is 0 Å². The zero-order valence-electron chi connectivity index (χ0n) is 5.01. The summed E-state index contributed by atoms with van der Waals surface area (Å²) in [6.07, 6.45) is 0.858. The van der Waals surface area contributed by atoms with Crippen molar-refractivity contribution in [2.24, 2.45) is 0 Å². The van der Waals surface area contributed by atoms with E-state index in [1.165, 1.54) is 11.8 Å². The number of thioether (sulfide) groups is 1. The lowest BCUT2D eigenvalue weighted by atomic mass is 10.3. The largest absolute Gasteiger partial charge is 0.311 e. The summed E-state index contributed by atoms with van der Waals surface area (Å²) in [6.45, 7) is 1.98. The topological polar surface area (TPSA) is 29.1 Å². The molecule has 0 aliphatic carbocycles. The lowest BCUT2D eigenvalue weighted by Crippen LogP contribution is -2.23. The van der Waals surface area contributed by atoms with Crippen LogP contribution in [0, 0.1) is 0 Å². The average Bonchev–Trinajstić information content (AvgIpc) is 2.10. The summed E-state index contributed by atoms with van der Waals surface area (Å²) in [5.41, 5.74) is 0. The Bertz CT molecular complexity index is 157. The Morgan fingerprint density at radius 3 is 2.78 bits per heavy atom. The second-order valence-corrected chi connectivity index (χ2v) is 3.67. The fourth-order valence-corrected chi connectivity index (χ4v) is 1.86. The van der Waals surface area contributed by atoms with Gasteiger partial charge < -0.3 is 5.32 Å². The number of carbonyl (C=O) groups excluding carboxylic acids is 1. The molecule has 2 nitrogen and oxygen atoms in total. The van der Waals surface area contributed by atoms with Gasteiger partial charge in [-0.25, -0.2) is 0 Å². The van der Waals surface area contributed by atoms with Crippen molar-refractivity contribution in [1.82, 2.24) is 5.32 Å². The molecule has 1 saturated heterocycles. The normalized spacial score (nSPS) is 26.6. The Balaban J connectivity index is 2.58. The van der Waals surface area contributed by atoms with Crippen molar-refractivity contribution in [2.75, 3.05) is 0 Å². The van der Waals surface area contributed by atoms with Crippen molar-refractivity contribution < 1.29 is 4.79 Å². The van der Waals surface area contributed by atoms with Gasteiger partial charge in [0, 0.05) is 0 Å². The fraction of sp³-hybridized carbons (Fsp3) is 0.600. The maximum Gasteiger partial charge on any atom is 0.238 e. The van der Waals surface area contributed by atoms with E-state index in [1.54, 1.807) is 0 Å². The molecular formula is C5H7NOS2. The van der Waals surface area contributed by atoms with Crippen molar-refractivity contribution >= 4 is 34.2 Å². The molecule has 0 spiro atoms. The van der Waals surface area contributed by atoms with Gasteiger partial charge in [0.1, 0.15) is 4.32 Å². The zero-order valence-corrected chi connectivity index (χ0v) is 6.64. The van der Waals surface area contributed by atoms with Gasteiger partial charge in [-0.05, 0) is 6.42 Å². The molecule has 50 valence electrons. The van der Waals surface area contributed by atoms with Gasteiger partial charge in [0.05, 0.1) is 5.25 Å². The first-order chi connectivity index (χ1) is 4.24. The average molecular weight is 161 g/mol. The number of amides is 1. The quantitative estimate of drug-likeness (QED) is 0.580. The monoisotopic (exact) mass is 161 g/mol. The molecule has 1 N–H and O–H groups in total. The van der Waals surface area contributed by atoms with E-state index >= 15 is 0 Å². The Hall–Kier alpha value is -0.0900. The maximum absolute atomic E-state index is 10.8. The van der Waals surface area contributed by atoms with E-state index < -0.39 is 0 Å². The van der Waals surface area contributed by atoms with Crippen molar-refractivity contribution in [2.45, 2.75) is 18.6 Å². The van der Waals surface area contributed by atoms with Gasteiger partial charge in [0.2, 0.25) is 5.91 Å². The van der Waals surface area contributed by atoms with Crippen LogP contribution in [-0.4, -0.2) is 15.5 Å². The van der Waals surface area contributed by atoms with Crippen LogP contribution in [0.4, 0.5) is 0 Å². The van der Waals surface area contributed by atoms with Crippen LogP contribution in [0.5, 0.6) is 0 Å². The lowest BCUT2D eigenvalue weighted by Gasteiger charge is -1.95. The zero-order chi connectivity index (χ0) is 6.85. The second-order valence-electron chi connectivity index (χ2n) is 1.79. The first-order valence-corrected chi connectivity index (χ1v) is 4.04. The second kappa shape index (κ2) is 2.66. The predicted octanol–water partition coefficient (Wildman–Crippen LogP) is 0.913. The standard InChI is InChI=1S/C5H7NOS2/c1-2-3-4(7)6-5(8)9-3/h3H,2H2,1H3,(H,6,7,8)/t3-/m0/s1. The molecule has 1 fully saturated rings. The van der Waals surface area contributed by atoms with Crippen LogP contribution in [0.3, 0.4) is 0 Å². The van der Waals surface area contributed by atoms with E-state index in [0.29, 0.717) is 4.32 Å². The van der Waals surface area contributed by atoms with Gasteiger partial charge >= 0.3 is 0 Å². The molecule has 1 aliphatic heterocycles. The third-order valence-corrected chi connectivity index (χ3v) is 2.68. The SMILES string of the molecule is CC[C@@H]1SC(=S)NC1=O. The van der Waals surface area contributed by atoms with Gasteiger partial charge in [-0.15, -0.1) is 0 Å². The molecule has 1 atom stereocenters. The number of carbonyl (C=O) groups is 1. The Morgan fingerprint density at radius 1 is 1.89 bits per heavy atom. The van der Waals surface area contributed by atoms with Crippen LogP contribution >= 0.6 is 24.0 Å². The Kier molecular flexibility index (Phi) is 2.08. The minimum atomic E-state index is 0.0625. The number of hydrogen-bond acceptors (Lipinski definition) is 3. The first kappa shape index (κ1) is 7.02. The van der Waals surface area contributed by atoms with E-state index in [0.717, 1.165) is 6.42 Å². The number of hydrogen-bond donors (Lipinski definition) is 1. The van der Waals surface area contributed by atoms with Crippen molar-refractivity contribution in [3.63, 3.8) is 0 Å². The van der Waals surface area contributed by atoms with Crippen LogP contribution in [0.2, 0.25) is 0 Å². The summed E-state index contributed by atoms with van der Waals surface area (Å²) in [4.78, 5) is 10.8. The third kappa shape index (κ3) is 1.43. The minimum absolute atomic E-state index is 0.0625. The molecule has 0 aromatic rings. The predicted molar refractivity (Wildman–Crippen MR) is 42.4 cm³/mol. The summed E-state index contributed by atoms with van der Waals surface area (Å²) in [7, 11) is 0. The molecule has 1 amide bonds. The first-order valence-electron chi connectivity index (χ1n) is 2.75. The molecule has 1 rings (SSSR count). The molecule has 1 heterocycles.